The zero-order valence-electron chi connectivity index (χ0n) is 14.9. The predicted octanol–water partition coefficient (Wildman–Crippen LogP) is 6.86. The molecule has 1 nitrogen and oxygen atoms in total. The van der Waals surface area contributed by atoms with Crippen molar-refractivity contribution in [3.8, 4) is 0 Å². The van der Waals surface area contributed by atoms with E-state index in [1.807, 2.05) is 6.92 Å². The van der Waals surface area contributed by atoms with Gasteiger partial charge in [0.15, 0.2) is 0 Å². The number of ketones is 1. The first kappa shape index (κ1) is 20.4. The first-order valence-corrected chi connectivity index (χ1v) is 9.22. The van der Waals surface area contributed by atoms with Crippen LogP contribution >= 0.6 is 0 Å². The predicted molar refractivity (Wildman–Crippen MR) is 94.7 cm³/mol. The Hall–Kier alpha value is -0.590. The Morgan fingerprint density at radius 3 is 1.62 bits per heavy atom. The highest BCUT2D eigenvalue weighted by atomic mass is 16.1. The summed E-state index contributed by atoms with van der Waals surface area (Å²) in [6.45, 7) is 9.95. The Kier molecular flexibility index (Phi) is 13.9. The number of rotatable bonds is 15. The quantitative estimate of drug-likeness (QED) is 0.238. The monoisotopic (exact) mass is 294 g/mol. The summed E-state index contributed by atoms with van der Waals surface area (Å²) in [5.41, 5.74) is 1.14. The maximum absolute atomic E-state index is 11.6. The Labute approximate surface area is 133 Å². The summed E-state index contributed by atoms with van der Waals surface area (Å²) in [7, 11) is 0. The molecule has 21 heavy (non-hydrogen) atoms. The minimum Gasteiger partial charge on any atom is -0.300 e. The van der Waals surface area contributed by atoms with Gasteiger partial charge < -0.3 is 0 Å². The van der Waals surface area contributed by atoms with Gasteiger partial charge in [0, 0.05) is 5.92 Å². The summed E-state index contributed by atoms with van der Waals surface area (Å²) in [6, 6.07) is 0. The average Bonchev–Trinajstić information content (AvgIpc) is 2.42. The van der Waals surface area contributed by atoms with Crippen LogP contribution in [0.15, 0.2) is 12.2 Å². The summed E-state index contributed by atoms with van der Waals surface area (Å²) in [4.78, 5) is 11.6. The standard InChI is InChI=1S/C20H38O/c1-5-6-7-8-9-10-11-12-13-14-15-16-20(19(4)21)17-18(2)3/h20H,2,5-17H2,1,3-4H3. The molecule has 0 heterocycles. The van der Waals surface area contributed by atoms with Crippen LogP contribution in [0.25, 0.3) is 0 Å². The van der Waals surface area contributed by atoms with Crippen LogP contribution < -0.4 is 0 Å². The molecule has 0 spiro atoms. The van der Waals surface area contributed by atoms with Gasteiger partial charge in [-0.2, -0.15) is 0 Å². The molecule has 1 unspecified atom stereocenters. The fourth-order valence-electron chi connectivity index (χ4n) is 2.92. The van der Waals surface area contributed by atoms with Gasteiger partial charge in [-0.05, 0) is 26.7 Å². The minimum atomic E-state index is 0.223. The lowest BCUT2D eigenvalue weighted by molar-refractivity contribution is -0.120. The number of carbonyl (C=O) groups excluding carboxylic acids is 1. The molecule has 0 bridgehead atoms. The highest BCUT2D eigenvalue weighted by molar-refractivity contribution is 5.78. The maximum atomic E-state index is 11.6. The Morgan fingerprint density at radius 2 is 1.24 bits per heavy atom. The molecule has 0 rings (SSSR count). The first-order chi connectivity index (χ1) is 10.1. The van der Waals surface area contributed by atoms with E-state index >= 15 is 0 Å². The molecule has 0 aromatic carbocycles. The fourth-order valence-corrected chi connectivity index (χ4v) is 2.92. The van der Waals surface area contributed by atoms with Crippen LogP contribution in [0.2, 0.25) is 0 Å². The number of Topliss-reactive ketones (excluding diaryl/α,β-unsaturated/α-hetero) is 1. The van der Waals surface area contributed by atoms with E-state index in [-0.39, 0.29) is 5.92 Å². The van der Waals surface area contributed by atoms with E-state index in [4.69, 9.17) is 0 Å². The number of carbonyl (C=O) groups is 1. The van der Waals surface area contributed by atoms with Crippen LogP contribution in [0.4, 0.5) is 0 Å². The highest BCUT2D eigenvalue weighted by Gasteiger charge is 2.13. The summed E-state index contributed by atoms with van der Waals surface area (Å²) in [5.74, 6) is 0.561. The van der Waals surface area contributed by atoms with Gasteiger partial charge in [-0.3, -0.25) is 4.79 Å². The molecule has 0 aliphatic heterocycles. The first-order valence-electron chi connectivity index (χ1n) is 9.22. The van der Waals surface area contributed by atoms with Crippen LogP contribution in [0.1, 0.15) is 104 Å². The van der Waals surface area contributed by atoms with Crippen molar-refractivity contribution in [1.29, 1.82) is 0 Å². The van der Waals surface area contributed by atoms with Crippen molar-refractivity contribution in [3.63, 3.8) is 0 Å². The van der Waals surface area contributed by atoms with Gasteiger partial charge in [-0.1, -0.05) is 83.1 Å². The minimum absolute atomic E-state index is 0.223. The second-order valence-corrected chi connectivity index (χ2v) is 6.79. The molecule has 124 valence electrons. The van der Waals surface area contributed by atoms with E-state index in [9.17, 15) is 4.79 Å². The molecule has 0 aliphatic carbocycles. The van der Waals surface area contributed by atoms with Crippen molar-refractivity contribution in [1.82, 2.24) is 0 Å². The molecular weight excluding hydrogens is 256 g/mol. The van der Waals surface area contributed by atoms with Crippen molar-refractivity contribution >= 4 is 5.78 Å². The molecule has 0 saturated carbocycles. The molecule has 0 saturated heterocycles. The van der Waals surface area contributed by atoms with E-state index in [2.05, 4.69) is 13.5 Å². The molecule has 0 aliphatic rings. The zero-order valence-corrected chi connectivity index (χ0v) is 14.9. The molecule has 0 aromatic heterocycles. The van der Waals surface area contributed by atoms with Crippen LogP contribution in [-0.2, 0) is 4.79 Å². The zero-order chi connectivity index (χ0) is 15.9. The third kappa shape index (κ3) is 14.1. The van der Waals surface area contributed by atoms with E-state index in [0.29, 0.717) is 5.78 Å². The largest absolute Gasteiger partial charge is 0.300 e. The summed E-state index contributed by atoms with van der Waals surface area (Å²) < 4.78 is 0. The van der Waals surface area contributed by atoms with Crippen molar-refractivity contribution < 1.29 is 4.79 Å². The highest BCUT2D eigenvalue weighted by Crippen LogP contribution is 2.19. The van der Waals surface area contributed by atoms with Gasteiger partial charge in [0.25, 0.3) is 0 Å². The number of allylic oxidation sites excluding steroid dienone is 1. The van der Waals surface area contributed by atoms with E-state index in [0.717, 1.165) is 18.4 Å². The maximum Gasteiger partial charge on any atom is 0.133 e. The van der Waals surface area contributed by atoms with Gasteiger partial charge in [0.05, 0.1) is 0 Å². The van der Waals surface area contributed by atoms with Crippen molar-refractivity contribution in [3.05, 3.63) is 12.2 Å². The lowest BCUT2D eigenvalue weighted by Gasteiger charge is -2.13. The Bertz CT molecular complexity index is 267. The van der Waals surface area contributed by atoms with Crippen LogP contribution in [0.5, 0.6) is 0 Å². The molecule has 0 amide bonds. The van der Waals surface area contributed by atoms with Crippen LogP contribution in [0.3, 0.4) is 0 Å². The topological polar surface area (TPSA) is 17.1 Å². The number of hydrogen-bond donors (Lipinski definition) is 0. The van der Waals surface area contributed by atoms with Crippen LogP contribution in [-0.4, -0.2) is 5.78 Å². The smallest absolute Gasteiger partial charge is 0.133 e. The lowest BCUT2D eigenvalue weighted by Crippen LogP contribution is -2.11. The SMILES string of the molecule is C=C(C)CC(CCCCCCCCCCCCC)C(C)=O. The molecule has 0 N–H and O–H groups in total. The van der Waals surface area contributed by atoms with E-state index in [1.54, 1.807) is 6.92 Å². The second-order valence-electron chi connectivity index (χ2n) is 6.79. The van der Waals surface area contributed by atoms with Gasteiger partial charge in [-0.25, -0.2) is 0 Å². The molecule has 1 atom stereocenters. The molecule has 0 radical (unpaired) electrons. The molecule has 1 heteroatoms. The number of hydrogen-bond acceptors (Lipinski definition) is 1. The van der Waals surface area contributed by atoms with Gasteiger partial charge >= 0.3 is 0 Å². The van der Waals surface area contributed by atoms with Crippen molar-refractivity contribution in [2.45, 2.75) is 104 Å². The summed E-state index contributed by atoms with van der Waals surface area (Å²) >= 11 is 0. The molecular formula is C20H38O. The lowest BCUT2D eigenvalue weighted by atomic mass is 9.91. The van der Waals surface area contributed by atoms with Gasteiger partial charge in [0.1, 0.15) is 5.78 Å². The summed E-state index contributed by atoms with van der Waals surface area (Å²) in [5, 5.41) is 0. The normalized spacial score (nSPS) is 12.3. The third-order valence-corrected chi connectivity index (χ3v) is 4.33. The Balaban J connectivity index is 3.38. The van der Waals surface area contributed by atoms with Gasteiger partial charge in [0.2, 0.25) is 0 Å². The second kappa shape index (κ2) is 14.4. The number of unbranched alkanes of at least 4 members (excludes halogenated alkanes) is 10. The molecule has 0 aromatic rings. The Morgan fingerprint density at radius 1 is 0.810 bits per heavy atom. The van der Waals surface area contributed by atoms with Crippen molar-refractivity contribution in [2.75, 3.05) is 0 Å². The van der Waals surface area contributed by atoms with Gasteiger partial charge in [-0.15, -0.1) is 6.58 Å². The van der Waals surface area contributed by atoms with E-state index < -0.39 is 0 Å². The van der Waals surface area contributed by atoms with Crippen LogP contribution in [0, 0.1) is 5.92 Å². The molecule has 0 fully saturated rings. The fraction of sp³-hybridized carbons (Fsp3) is 0.850. The van der Waals surface area contributed by atoms with Crippen molar-refractivity contribution in [2.24, 2.45) is 5.92 Å². The third-order valence-electron chi connectivity index (χ3n) is 4.33. The summed E-state index contributed by atoms with van der Waals surface area (Å²) in [6.07, 6.45) is 17.0. The van der Waals surface area contributed by atoms with E-state index in [1.165, 1.54) is 70.6 Å². The average molecular weight is 295 g/mol.